The Bertz CT molecular complexity index is 1330. The normalized spacial score (nSPS) is 15.6. The molecule has 0 aliphatic carbocycles. The van der Waals surface area contributed by atoms with Crippen LogP contribution >= 0.6 is 11.3 Å². The number of piperidine rings is 1. The number of imidazole rings is 1. The molecule has 0 unspecified atom stereocenters. The molecule has 0 spiro atoms. The highest BCUT2D eigenvalue weighted by Crippen LogP contribution is 2.29. The highest BCUT2D eigenvalue weighted by Gasteiger charge is 2.25. The van der Waals surface area contributed by atoms with Crippen LogP contribution in [0.25, 0.3) is 16.2 Å². The lowest BCUT2D eigenvalue weighted by atomic mass is 10.1. The lowest BCUT2D eigenvalue weighted by Gasteiger charge is -2.29. The summed E-state index contributed by atoms with van der Waals surface area (Å²) in [4.78, 5) is 12.2. The van der Waals surface area contributed by atoms with Gasteiger partial charge in [0.1, 0.15) is 6.10 Å². The molecule has 12 heteroatoms. The Morgan fingerprint density at radius 1 is 1.15 bits per heavy atom. The van der Waals surface area contributed by atoms with Crippen LogP contribution in [-0.4, -0.2) is 58.6 Å². The van der Waals surface area contributed by atoms with Crippen LogP contribution in [0.3, 0.4) is 0 Å². The van der Waals surface area contributed by atoms with Crippen molar-refractivity contribution >= 4 is 32.1 Å². The van der Waals surface area contributed by atoms with Crippen LogP contribution in [0.1, 0.15) is 38.4 Å². The maximum absolute atomic E-state index is 11.6. The molecule has 5 rings (SSSR count). The van der Waals surface area contributed by atoms with Gasteiger partial charge >= 0.3 is 6.01 Å². The Balaban J connectivity index is 1.21. The minimum Gasteiger partial charge on any atom is -0.465 e. The second-order valence-corrected chi connectivity index (χ2v) is 11.3. The molecular weight excluding hydrogens is 464 g/mol. The summed E-state index contributed by atoms with van der Waals surface area (Å²) >= 11 is 1.39. The van der Waals surface area contributed by atoms with Crippen LogP contribution in [0, 0.1) is 0 Å². The number of aromatic nitrogens is 5. The fraction of sp³-hybridized carbons (Fsp3) is 0.429. The third kappa shape index (κ3) is 4.58. The number of fused-ring (bicyclic) bond motifs is 1. The highest BCUT2D eigenvalue weighted by molar-refractivity contribution is 7.90. The molecule has 10 nitrogen and oxygen atoms in total. The standard InChI is InChI=1S/C21H24N6O4S2/c1-13(2)18-23-19(31-25-18)26-10-8-15(9-11-26)30-21-24-27-12-17(22-20(27)32-21)14-4-6-16(7-5-14)33(3,28)29/h4-7,12-13,15H,8-11H2,1-3H3. The number of rotatable bonds is 6. The molecule has 1 aromatic carbocycles. The van der Waals surface area contributed by atoms with Crippen molar-refractivity contribution in [2.45, 2.75) is 43.6 Å². The van der Waals surface area contributed by atoms with Crippen molar-refractivity contribution in [2.75, 3.05) is 24.2 Å². The van der Waals surface area contributed by atoms with Gasteiger partial charge < -0.3 is 14.2 Å². The first-order valence-electron chi connectivity index (χ1n) is 10.7. The van der Waals surface area contributed by atoms with Gasteiger partial charge in [0, 0.05) is 43.7 Å². The molecule has 3 aromatic heterocycles. The number of hydrogen-bond donors (Lipinski definition) is 0. The second kappa shape index (κ2) is 8.41. The number of benzene rings is 1. The summed E-state index contributed by atoms with van der Waals surface area (Å²) in [7, 11) is -3.22. The first kappa shape index (κ1) is 21.8. The van der Waals surface area contributed by atoms with Crippen molar-refractivity contribution in [3.8, 4) is 16.5 Å². The highest BCUT2D eigenvalue weighted by atomic mass is 32.2. The topological polar surface area (TPSA) is 116 Å². The summed E-state index contributed by atoms with van der Waals surface area (Å²) in [5, 5.41) is 9.12. The van der Waals surface area contributed by atoms with E-state index in [2.05, 4.69) is 25.1 Å². The zero-order valence-electron chi connectivity index (χ0n) is 18.5. The molecule has 4 aromatic rings. The van der Waals surface area contributed by atoms with E-state index in [1.165, 1.54) is 17.6 Å². The summed E-state index contributed by atoms with van der Waals surface area (Å²) in [6.45, 7) is 5.63. The average molecular weight is 489 g/mol. The Labute approximate surface area is 195 Å². The molecule has 0 N–H and O–H groups in total. The molecule has 174 valence electrons. The first-order valence-corrected chi connectivity index (χ1v) is 13.4. The Morgan fingerprint density at radius 3 is 2.48 bits per heavy atom. The van der Waals surface area contributed by atoms with Gasteiger partial charge in [-0.05, 0) is 23.5 Å². The number of sulfone groups is 1. The van der Waals surface area contributed by atoms with Gasteiger partial charge in [-0.3, -0.25) is 0 Å². The molecule has 1 aliphatic heterocycles. The summed E-state index contributed by atoms with van der Waals surface area (Å²) < 4.78 is 36.5. The molecule has 33 heavy (non-hydrogen) atoms. The number of hydrogen-bond acceptors (Lipinski definition) is 10. The SMILES string of the molecule is CC(C)c1noc(N2CCC(Oc3nn4cc(-c5ccc(S(C)(=O)=O)cc5)nc4s3)CC2)n1. The molecule has 1 saturated heterocycles. The molecule has 0 atom stereocenters. The number of ether oxygens (including phenoxy) is 1. The van der Waals surface area contributed by atoms with Crippen molar-refractivity contribution in [1.29, 1.82) is 0 Å². The van der Waals surface area contributed by atoms with Crippen LogP contribution in [0.5, 0.6) is 5.19 Å². The van der Waals surface area contributed by atoms with E-state index in [1.54, 1.807) is 28.8 Å². The third-order valence-electron chi connectivity index (χ3n) is 5.53. The van der Waals surface area contributed by atoms with Gasteiger partial charge in [-0.2, -0.15) is 4.98 Å². The van der Waals surface area contributed by atoms with Crippen LogP contribution < -0.4 is 9.64 Å². The predicted molar refractivity (Wildman–Crippen MR) is 124 cm³/mol. The maximum atomic E-state index is 11.6. The van der Waals surface area contributed by atoms with Gasteiger partial charge in [0.2, 0.25) is 4.96 Å². The van der Waals surface area contributed by atoms with E-state index >= 15 is 0 Å². The minimum atomic E-state index is -3.22. The maximum Gasteiger partial charge on any atom is 0.324 e. The molecule has 0 radical (unpaired) electrons. The third-order valence-corrected chi connectivity index (χ3v) is 7.47. The molecule has 1 fully saturated rings. The second-order valence-electron chi connectivity index (χ2n) is 8.41. The van der Waals surface area contributed by atoms with E-state index in [0.717, 1.165) is 48.0 Å². The Hall–Kier alpha value is -2.99. The van der Waals surface area contributed by atoms with Crippen molar-refractivity contribution in [3.63, 3.8) is 0 Å². The largest absolute Gasteiger partial charge is 0.465 e. The predicted octanol–water partition coefficient (Wildman–Crippen LogP) is 3.42. The van der Waals surface area contributed by atoms with Crippen LogP contribution in [0.2, 0.25) is 0 Å². The van der Waals surface area contributed by atoms with Gasteiger partial charge in [0.25, 0.3) is 5.19 Å². The van der Waals surface area contributed by atoms with Gasteiger partial charge in [-0.1, -0.05) is 31.1 Å². The Kier molecular flexibility index (Phi) is 5.57. The minimum absolute atomic E-state index is 0.0626. The molecule has 0 saturated carbocycles. The van der Waals surface area contributed by atoms with Crippen LogP contribution in [0.15, 0.2) is 39.9 Å². The quantitative estimate of drug-likeness (QED) is 0.402. The molecule has 0 bridgehead atoms. The fourth-order valence-electron chi connectivity index (χ4n) is 3.64. The van der Waals surface area contributed by atoms with E-state index in [0.29, 0.717) is 11.2 Å². The van der Waals surface area contributed by atoms with Crippen molar-refractivity contribution in [3.05, 3.63) is 36.3 Å². The van der Waals surface area contributed by atoms with Gasteiger partial charge in [-0.25, -0.2) is 17.9 Å². The van der Waals surface area contributed by atoms with Gasteiger partial charge in [-0.15, -0.1) is 5.10 Å². The molecule has 4 heterocycles. The zero-order valence-corrected chi connectivity index (χ0v) is 20.1. The first-order chi connectivity index (χ1) is 15.8. The van der Waals surface area contributed by atoms with E-state index in [9.17, 15) is 8.42 Å². The summed E-state index contributed by atoms with van der Waals surface area (Å²) in [5.74, 6) is 0.958. The monoisotopic (exact) mass is 488 g/mol. The van der Waals surface area contributed by atoms with Crippen LogP contribution in [0.4, 0.5) is 6.01 Å². The lowest BCUT2D eigenvalue weighted by molar-refractivity contribution is 0.166. The summed E-state index contributed by atoms with van der Waals surface area (Å²) in [5.41, 5.74) is 1.56. The molecule has 0 amide bonds. The number of nitrogens with zero attached hydrogens (tertiary/aromatic N) is 6. The Morgan fingerprint density at radius 2 is 1.88 bits per heavy atom. The number of anilines is 1. The van der Waals surface area contributed by atoms with E-state index in [-0.39, 0.29) is 16.9 Å². The van der Waals surface area contributed by atoms with E-state index in [4.69, 9.17) is 9.26 Å². The van der Waals surface area contributed by atoms with E-state index < -0.39 is 9.84 Å². The molecular formula is C21H24N6O4S2. The van der Waals surface area contributed by atoms with Gasteiger partial charge in [0.05, 0.1) is 16.8 Å². The van der Waals surface area contributed by atoms with Crippen molar-refractivity contribution in [1.82, 2.24) is 24.7 Å². The van der Waals surface area contributed by atoms with Crippen molar-refractivity contribution < 1.29 is 17.7 Å². The zero-order chi connectivity index (χ0) is 23.2. The molecule has 1 aliphatic rings. The average Bonchev–Trinajstić information content (AvgIpc) is 3.49. The van der Waals surface area contributed by atoms with Crippen LogP contribution in [-0.2, 0) is 9.84 Å². The van der Waals surface area contributed by atoms with Crippen molar-refractivity contribution in [2.24, 2.45) is 0 Å². The fourth-order valence-corrected chi connectivity index (χ4v) is 5.07. The summed E-state index contributed by atoms with van der Waals surface area (Å²) in [6.07, 6.45) is 4.74. The summed E-state index contributed by atoms with van der Waals surface area (Å²) in [6, 6.07) is 7.25. The van der Waals surface area contributed by atoms with Gasteiger partial charge in [0.15, 0.2) is 15.7 Å². The lowest BCUT2D eigenvalue weighted by Crippen LogP contribution is -2.38. The smallest absolute Gasteiger partial charge is 0.324 e. The van der Waals surface area contributed by atoms with E-state index in [1.807, 2.05) is 20.0 Å².